The Morgan fingerprint density at radius 3 is 2.48 bits per heavy atom. The van der Waals surface area contributed by atoms with Gasteiger partial charge in [-0.25, -0.2) is 9.59 Å². The van der Waals surface area contributed by atoms with Crippen molar-refractivity contribution in [1.82, 2.24) is 4.90 Å². The Labute approximate surface area is 124 Å². The number of carbonyl (C=O) groups is 3. The van der Waals surface area contributed by atoms with E-state index < -0.39 is 11.8 Å². The summed E-state index contributed by atoms with van der Waals surface area (Å²) in [5.74, 6) is -0.631. The smallest absolute Gasteiger partial charge is 0.410 e. The number of Topliss-reactive ketones (excluding diaryl/α,β-unsaturated/α-hetero) is 1. The standard InChI is InChI=1S/C15H23NO5/c1-3-20-14(18)13(17)8-12-11-7-5-6-10(11)9-16(12)15(19)21-4-2/h10-12H,3-9H2,1-2H3. The predicted octanol–water partition coefficient (Wildman–Crippen LogP) is 1.77. The van der Waals surface area contributed by atoms with Crippen LogP contribution in [0.4, 0.5) is 4.79 Å². The summed E-state index contributed by atoms with van der Waals surface area (Å²) in [6, 6.07) is -0.228. The lowest BCUT2D eigenvalue weighted by Crippen LogP contribution is -2.41. The first kappa shape index (κ1) is 15.8. The molecule has 1 saturated heterocycles. The van der Waals surface area contributed by atoms with Crippen LogP contribution in [-0.2, 0) is 19.1 Å². The van der Waals surface area contributed by atoms with Crippen LogP contribution in [0, 0.1) is 11.8 Å². The van der Waals surface area contributed by atoms with E-state index in [9.17, 15) is 14.4 Å². The number of ketones is 1. The summed E-state index contributed by atoms with van der Waals surface area (Å²) in [6.07, 6.45) is 2.86. The first-order valence-electron chi connectivity index (χ1n) is 7.71. The number of esters is 1. The molecular formula is C15H23NO5. The minimum absolute atomic E-state index is 0.0405. The Balaban J connectivity index is 2.06. The zero-order valence-electron chi connectivity index (χ0n) is 12.7. The van der Waals surface area contributed by atoms with Crippen molar-refractivity contribution in [1.29, 1.82) is 0 Å². The summed E-state index contributed by atoms with van der Waals surface area (Å²) in [7, 11) is 0. The summed E-state index contributed by atoms with van der Waals surface area (Å²) in [5, 5.41) is 0. The number of carbonyl (C=O) groups excluding carboxylic acids is 3. The van der Waals surface area contributed by atoms with Gasteiger partial charge in [0.2, 0.25) is 5.78 Å². The second-order valence-corrected chi connectivity index (χ2v) is 5.62. The third-order valence-electron chi connectivity index (χ3n) is 4.44. The molecular weight excluding hydrogens is 274 g/mol. The van der Waals surface area contributed by atoms with Crippen molar-refractivity contribution in [2.45, 2.75) is 45.6 Å². The highest BCUT2D eigenvalue weighted by Gasteiger charge is 2.47. The van der Waals surface area contributed by atoms with E-state index in [4.69, 9.17) is 9.47 Å². The lowest BCUT2D eigenvalue weighted by molar-refractivity contribution is -0.154. The topological polar surface area (TPSA) is 72.9 Å². The van der Waals surface area contributed by atoms with Gasteiger partial charge in [0.1, 0.15) is 0 Å². The number of rotatable bonds is 5. The van der Waals surface area contributed by atoms with E-state index in [1.165, 1.54) is 0 Å². The monoisotopic (exact) mass is 297 g/mol. The average molecular weight is 297 g/mol. The van der Waals surface area contributed by atoms with E-state index in [-0.39, 0.29) is 25.2 Å². The van der Waals surface area contributed by atoms with Gasteiger partial charge in [0.05, 0.1) is 13.2 Å². The molecule has 6 heteroatoms. The maximum atomic E-state index is 12.0. The zero-order chi connectivity index (χ0) is 15.4. The molecule has 0 aromatic heterocycles. The second-order valence-electron chi connectivity index (χ2n) is 5.62. The van der Waals surface area contributed by atoms with Gasteiger partial charge in [-0.3, -0.25) is 4.79 Å². The van der Waals surface area contributed by atoms with Gasteiger partial charge in [-0.1, -0.05) is 6.42 Å². The molecule has 118 valence electrons. The van der Waals surface area contributed by atoms with Crippen LogP contribution in [0.2, 0.25) is 0 Å². The Kier molecular flexibility index (Phi) is 5.20. The van der Waals surface area contributed by atoms with Gasteiger partial charge in [0.15, 0.2) is 0 Å². The predicted molar refractivity (Wildman–Crippen MR) is 74.6 cm³/mol. The molecule has 0 bridgehead atoms. The van der Waals surface area contributed by atoms with Crippen molar-refractivity contribution >= 4 is 17.8 Å². The first-order valence-corrected chi connectivity index (χ1v) is 7.71. The lowest BCUT2D eigenvalue weighted by Gasteiger charge is -2.26. The second kappa shape index (κ2) is 6.91. The van der Waals surface area contributed by atoms with Gasteiger partial charge < -0.3 is 14.4 Å². The Morgan fingerprint density at radius 2 is 1.81 bits per heavy atom. The third kappa shape index (κ3) is 3.36. The van der Waals surface area contributed by atoms with E-state index in [0.29, 0.717) is 25.0 Å². The normalized spacial score (nSPS) is 27.3. The van der Waals surface area contributed by atoms with Crippen molar-refractivity contribution in [3.63, 3.8) is 0 Å². The van der Waals surface area contributed by atoms with Crippen LogP contribution in [0.25, 0.3) is 0 Å². The molecule has 1 aliphatic carbocycles. The van der Waals surface area contributed by atoms with Crippen molar-refractivity contribution in [2.24, 2.45) is 11.8 Å². The summed E-state index contributed by atoms with van der Waals surface area (Å²) in [5.41, 5.74) is 0. The van der Waals surface area contributed by atoms with Gasteiger partial charge in [-0.2, -0.15) is 0 Å². The van der Waals surface area contributed by atoms with E-state index in [1.54, 1.807) is 18.7 Å². The Morgan fingerprint density at radius 1 is 1.10 bits per heavy atom. The SMILES string of the molecule is CCOC(=O)C(=O)CC1C2CCCC2CN1C(=O)OCC. The number of hydrogen-bond acceptors (Lipinski definition) is 5. The molecule has 0 radical (unpaired) electrons. The summed E-state index contributed by atoms with van der Waals surface area (Å²) < 4.78 is 9.82. The lowest BCUT2D eigenvalue weighted by atomic mass is 9.91. The first-order chi connectivity index (χ1) is 10.1. The van der Waals surface area contributed by atoms with E-state index in [2.05, 4.69) is 0 Å². The molecule has 21 heavy (non-hydrogen) atoms. The highest BCUT2D eigenvalue weighted by Crippen LogP contribution is 2.43. The molecule has 1 amide bonds. The molecule has 1 aliphatic heterocycles. The molecule has 0 aromatic rings. The Bertz CT molecular complexity index is 422. The van der Waals surface area contributed by atoms with Gasteiger partial charge in [0.25, 0.3) is 0 Å². The van der Waals surface area contributed by atoms with Gasteiger partial charge in [-0.05, 0) is 38.5 Å². The molecule has 2 aliphatic rings. The molecule has 0 N–H and O–H groups in total. The number of hydrogen-bond donors (Lipinski definition) is 0. The summed E-state index contributed by atoms with van der Waals surface area (Å²) >= 11 is 0. The molecule has 3 atom stereocenters. The molecule has 2 fully saturated rings. The van der Waals surface area contributed by atoms with Crippen molar-refractivity contribution < 1.29 is 23.9 Å². The molecule has 6 nitrogen and oxygen atoms in total. The molecule has 3 unspecified atom stereocenters. The third-order valence-corrected chi connectivity index (χ3v) is 4.44. The highest BCUT2D eigenvalue weighted by molar-refractivity contribution is 6.33. The number of nitrogens with zero attached hydrogens (tertiary/aromatic N) is 1. The minimum atomic E-state index is -0.803. The van der Waals surface area contributed by atoms with Crippen molar-refractivity contribution in [3.8, 4) is 0 Å². The number of fused-ring (bicyclic) bond motifs is 1. The molecule has 2 rings (SSSR count). The van der Waals surface area contributed by atoms with Crippen LogP contribution in [-0.4, -0.2) is 48.5 Å². The maximum Gasteiger partial charge on any atom is 0.410 e. The van der Waals surface area contributed by atoms with Crippen molar-refractivity contribution in [3.05, 3.63) is 0 Å². The van der Waals surface area contributed by atoms with Crippen LogP contribution in [0.3, 0.4) is 0 Å². The molecule has 1 saturated carbocycles. The highest BCUT2D eigenvalue weighted by atomic mass is 16.6. The zero-order valence-corrected chi connectivity index (χ0v) is 12.7. The average Bonchev–Trinajstić information content (AvgIpc) is 3.01. The van der Waals surface area contributed by atoms with Crippen LogP contribution in [0.15, 0.2) is 0 Å². The van der Waals surface area contributed by atoms with E-state index in [0.717, 1.165) is 19.3 Å². The van der Waals surface area contributed by atoms with Crippen LogP contribution in [0.5, 0.6) is 0 Å². The summed E-state index contributed by atoms with van der Waals surface area (Å²) in [6.45, 7) is 4.54. The largest absolute Gasteiger partial charge is 0.460 e. The maximum absolute atomic E-state index is 12.0. The fraction of sp³-hybridized carbons (Fsp3) is 0.800. The number of amides is 1. The fourth-order valence-electron chi connectivity index (χ4n) is 3.58. The van der Waals surface area contributed by atoms with Gasteiger partial charge in [-0.15, -0.1) is 0 Å². The Hall–Kier alpha value is -1.59. The van der Waals surface area contributed by atoms with Gasteiger partial charge in [0, 0.05) is 19.0 Å². The number of likely N-dealkylation sites (tertiary alicyclic amines) is 1. The van der Waals surface area contributed by atoms with Gasteiger partial charge >= 0.3 is 12.1 Å². The van der Waals surface area contributed by atoms with E-state index in [1.807, 2.05) is 0 Å². The van der Waals surface area contributed by atoms with Crippen LogP contribution in [0.1, 0.15) is 39.5 Å². The van der Waals surface area contributed by atoms with Crippen LogP contribution < -0.4 is 0 Å². The fourth-order valence-corrected chi connectivity index (χ4v) is 3.58. The van der Waals surface area contributed by atoms with Crippen molar-refractivity contribution in [2.75, 3.05) is 19.8 Å². The number of ether oxygens (including phenoxy) is 2. The van der Waals surface area contributed by atoms with Crippen LogP contribution >= 0.6 is 0 Å². The van der Waals surface area contributed by atoms with E-state index >= 15 is 0 Å². The quantitative estimate of drug-likeness (QED) is 0.571. The summed E-state index contributed by atoms with van der Waals surface area (Å²) in [4.78, 5) is 37.1. The molecule has 0 spiro atoms. The molecule has 0 aromatic carbocycles. The minimum Gasteiger partial charge on any atom is -0.460 e. The molecule has 1 heterocycles.